The molecule has 0 saturated carbocycles. The van der Waals surface area contributed by atoms with Gasteiger partial charge in [-0.1, -0.05) is 105 Å². The van der Waals surface area contributed by atoms with Crippen LogP contribution >= 0.6 is 0 Å². The molecule has 1 aliphatic carbocycles. The zero-order valence-corrected chi connectivity index (χ0v) is 37.6. The van der Waals surface area contributed by atoms with Crippen molar-refractivity contribution >= 4 is 11.6 Å². The summed E-state index contributed by atoms with van der Waals surface area (Å²) >= 11 is 0. The van der Waals surface area contributed by atoms with Crippen molar-refractivity contribution in [3.8, 4) is 0 Å². The topological polar surface area (TPSA) is 34.1 Å². The Bertz CT molecular complexity index is 1590. The van der Waals surface area contributed by atoms with Gasteiger partial charge in [0.25, 0.3) is 0 Å². The van der Waals surface area contributed by atoms with Crippen LogP contribution in [0.2, 0.25) is 0 Å². The van der Waals surface area contributed by atoms with Crippen molar-refractivity contribution in [3.05, 3.63) is 128 Å². The van der Waals surface area contributed by atoms with E-state index in [4.69, 9.17) is 0 Å². The summed E-state index contributed by atoms with van der Waals surface area (Å²) in [6, 6.07) is 0. The molecule has 1 rings (SSSR count). The largest absolute Gasteiger partial charge is 0.290 e. The fourth-order valence-corrected chi connectivity index (χ4v) is 6.59. The third-order valence-electron chi connectivity index (χ3n) is 10.9. The van der Waals surface area contributed by atoms with Gasteiger partial charge in [-0.3, -0.25) is 9.59 Å². The molecule has 0 unspecified atom stereocenters. The monoisotopic (exact) mass is 750 g/mol. The molecule has 2 heteroatoms. The number of Topliss-reactive ketones (excluding diaryl/α,β-unsaturated/α-hetero) is 1. The van der Waals surface area contributed by atoms with Gasteiger partial charge < -0.3 is 0 Å². The fourth-order valence-electron chi connectivity index (χ4n) is 6.59. The van der Waals surface area contributed by atoms with E-state index < -0.39 is 0 Å². The Morgan fingerprint density at radius 3 is 0.909 bits per heavy atom. The molecule has 2 nitrogen and oxygen atoms in total. The summed E-state index contributed by atoms with van der Waals surface area (Å²) in [4.78, 5) is 24.6. The second kappa shape index (κ2) is 28.8. The van der Waals surface area contributed by atoms with Crippen LogP contribution in [0.15, 0.2) is 128 Å². The highest BCUT2D eigenvalue weighted by Gasteiger charge is 2.22. The summed E-state index contributed by atoms with van der Waals surface area (Å²) in [5, 5.41) is 0. The van der Waals surface area contributed by atoms with E-state index in [9.17, 15) is 9.59 Å². The third kappa shape index (κ3) is 24.6. The molecule has 0 heterocycles. The van der Waals surface area contributed by atoms with Gasteiger partial charge in [-0.05, 0) is 198 Å². The molecule has 304 valence electrons. The minimum atomic E-state index is -0.0352. The van der Waals surface area contributed by atoms with Crippen LogP contribution < -0.4 is 0 Å². The lowest BCUT2D eigenvalue weighted by molar-refractivity contribution is -0.115. The molecule has 0 aliphatic heterocycles. The van der Waals surface area contributed by atoms with E-state index in [0.717, 1.165) is 83.5 Å². The smallest absolute Gasteiger partial charge is 0.185 e. The minimum Gasteiger partial charge on any atom is -0.290 e. The van der Waals surface area contributed by atoms with Crippen molar-refractivity contribution in [3.63, 3.8) is 0 Å². The molecular weight excluding hydrogens is 670 g/mol. The van der Waals surface area contributed by atoms with Crippen LogP contribution in [0.3, 0.4) is 0 Å². The summed E-state index contributed by atoms with van der Waals surface area (Å²) in [5.74, 6) is -0.0259. The first-order chi connectivity index (χ1) is 26.1. The van der Waals surface area contributed by atoms with Crippen molar-refractivity contribution in [2.24, 2.45) is 0 Å². The van der Waals surface area contributed by atoms with E-state index in [1.807, 2.05) is 0 Å². The predicted octanol–water partition coefficient (Wildman–Crippen LogP) is 16.6. The Kier molecular flexibility index (Phi) is 25.9. The summed E-state index contributed by atoms with van der Waals surface area (Å²) in [6.07, 6.45) is 41.5. The van der Waals surface area contributed by atoms with Gasteiger partial charge in [-0.25, -0.2) is 0 Å². The second-order valence-corrected chi connectivity index (χ2v) is 16.8. The minimum absolute atomic E-state index is 0.00932. The Balaban J connectivity index is 2.27. The van der Waals surface area contributed by atoms with Crippen molar-refractivity contribution in [1.29, 1.82) is 0 Å². The van der Waals surface area contributed by atoms with Gasteiger partial charge in [0.1, 0.15) is 0 Å². The first-order valence-corrected chi connectivity index (χ1v) is 21.4. The maximum absolute atomic E-state index is 12.5. The average Bonchev–Trinajstić information content (AvgIpc) is 3.11. The van der Waals surface area contributed by atoms with E-state index in [-0.39, 0.29) is 11.6 Å². The van der Waals surface area contributed by atoms with Crippen LogP contribution in [-0.2, 0) is 9.59 Å². The van der Waals surface area contributed by atoms with E-state index in [1.165, 1.54) is 75.5 Å². The Labute approximate surface area is 339 Å². The number of hydrogen-bond acceptors (Lipinski definition) is 2. The van der Waals surface area contributed by atoms with Crippen LogP contribution in [-0.4, -0.2) is 11.6 Å². The van der Waals surface area contributed by atoms with Crippen LogP contribution in [0.1, 0.15) is 192 Å². The first kappa shape index (κ1) is 49.5. The maximum atomic E-state index is 12.5. The normalized spacial score (nSPS) is 16.0. The summed E-state index contributed by atoms with van der Waals surface area (Å²) in [7, 11) is 0. The van der Waals surface area contributed by atoms with Crippen molar-refractivity contribution in [1.82, 2.24) is 0 Å². The summed E-state index contributed by atoms with van der Waals surface area (Å²) in [6.45, 7) is 25.9. The van der Waals surface area contributed by atoms with Gasteiger partial charge in [0.2, 0.25) is 0 Å². The Hall–Kier alpha value is -3.52. The molecule has 0 spiro atoms. The number of carbonyl (C=O) groups is 2. The van der Waals surface area contributed by atoms with E-state index in [2.05, 4.69) is 124 Å². The fraction of sp³-hybridized carbons (Fsp3) is 0.547. The van der Waals surface area contributed by atoms with Gasteiger partial charge in [0, 0.05) is 16.7 Å². The van der Waals surface area contributed by atoms with E-state index in [0.29, 0.717) is 23.1 Å². The van der Waals surface area contributed by atoms with Crippen LogP contribution in [0.25, 0.3) is 0 Å². The highest BCUT2D eigenvalue weighted by Crippen LogP contribution is 2.23. The van der Waals surface area contributed by atoms with E-state index in [1.54, 1.807) is 13.8 Å². The van der Waals surface area contributed by atoms with Crippen molar-refractivity contribution < 1.29 is 9.59 Å². The zero-order valence-electron chi connectivity index (χ0n) is 37.6. The third-order valence-corrected chi connectivity index (χ3v) is 10.9. The molecule has 0 aromatic rings. The molecule has 0 aromatic heterocycles. The SMILES string of the molecule is CC(C)=CCC/C(C)=C/CC/C(C)=C/CC/C(C)=C/CC/C(C)=C/CC/C(C)=C/CC/C(C)=C/CC/C(C)=C/CC/C(C)=C/CC1=C[13C](=O)C(C)=C(C)C1=O. The molecule has 55 heavy (non-hydrogen) atoms. The highest BCUT2D eigenvalue weighted by atomic mass is 16.2. The molecule has 0 saturated heterocycles. The number of allylic oxidation sites excluding steroid dienone is 22. The number of rotatable bonds is 26. The molecule has 0 atom stereocenters. The van der Waals surface area contributed by atoms with Gasteiger partial charge in [0.15, 0.2) is 11.6 Å². The zero-order chi connectivity index (χ0) is 41.2. The van der Waals surface area contributed by atoms with Crippen LogP contribution in [0.4, 0.5) is 0 Å². The molecule has 0 amide bonds. The molecule has 0 radical (unpaired) electrons. The lowest BCUT2D eigenvalue weighted by atomic mass is 9.95. The van der Waals surface area contributed by atoms with Gasteiger partial charge >= 0.3 is 0 Å². The Morgan fingerprint density at radius 2 is 0.636 bits per heavy atom. The lowest BCUT2D eigenvalue weighted by Crippen LogP contribution is -2.16. The maximum Gasteiger partial charge on any atom is 0.185 e. The molecule has 0 fully saturated rings. The average molecular weight is 750 g/mol. The van der Waals surface area contributed by atoms with Crippen LogP contribution in [0, 0.1) is 0 Å². The summed E-state index contributed by atoms with van der Waals surface area (Å²) in [5.41, 5.74) is 14.9. The molecule has 0 N–H and O–H groups in total. The predicted molar refractivity (Wildman–Crippen MR) is 244 cm³/mol. The van der Waals surface area contributed by atoms with Gasteiger partial charge in [-0.2, -0.15) is 0 Å². The van der Waals surface area contributed by atoms with E-state index >= 15 is 0 Å². The molecule has 1 aliphatic rings. The number of ketones is 2. The van der Waals surface area contributed by atoms with Gasteiger partial charge in [-0.15, -0.1) is 0 Å². The van der Waals surface area contributed by atoms with Crippen molar-refractivity contribution in [2.45, 2.75) is 192 Å². The second-order valence-electron chi connectivity index (χ2n) is 16.8. The molecule has 0 aromatic carbocycles. The number of hydrogen-bond donors (Lipinski definition) is 0. The first-order valence-electron chi connectivity index (χ1n) is 21.4. The molecular formula is C53H80O2. The van der Waals surface area contributed by atoms with Crippen molar-refractivity contribution in [2.75, 3.05) is 0 Å². The number of carbonyl (C=O) groups excluding carboxylic acids is 2. The Morgan fingerprint density at radius 1 is 0.382 bits per heavy atom. The summed E-state index contributed by atoms with van der Waals surface area (Å²) < 4.78 is 0. The van der Waals surface area contributed by atoms with Gasteiger partial charge in [0.05, 0.1) is 0 Å². The lowest BCUT2D eigenvalue weighted by Gasteiger charge is -2.13. The highest BCUT2D eigenvalue weighted by molar-refractivity contribution is 6.22. The van der Waals surface area contributed by atoms with Crippen LogP contribution in [0.5, 0.6) is 0 Å². The quantitative estimate of drug-likeness (QED) is 0.0501. The molecule has 0 bridgehead atoms. The standard InChI is InChI=1S/C53H80O2/c1-40(2)21-13-22-41(3)23-14-24-42(4)25-15-26-43(5)27-16-28-44(6)29-17-30-45(7)31-18-32-46(8)33-19-34-47(9)35-20-36-48(10)37-38-51-39-52(54)49(11)50(12)53(51)55/h21,23,25,27,29,31,33,35,37,39H,13-20,22,24,26,28,30,32,34,36,38H2,1-12H3/b41-23+,42-25+,43-27+,44-29+,45-31+,46-33+,47-35+,48-37+/i52+1.